The molecule has 1 fully saturated rings. The number of ether oxygens (including phenoxy) is 1. The third-order valence-corrected chi connectivity index (χ3v) is 3.27. The van der Waals surface area contributed by atoms with Gasteiger partial charge in [0.15, 0.2) is 0 Å². The van der Waals surface area contributed by atoms with E-state index in [2.05, 4.69) is 0 Å². The van der Waals surface area contributed by atoms with E-state index >= 15 is 0 Å². The van der Waals surface area contributed by atoms with Crippen molar-refractivity contribution in [3.05, 3.63) is 29.3 Å². The Morgan fingerprint density at radius 1 is 1.45 bits per heavy atom. The number of benzene rings is 1. The predicted molar refractivity (Wildman–Crippen MR) is 70.7 cm³/mol. The highest BCUT2D eigenvalue weighted by Gasteiger charge is 2.26. The van der Waals surface area contributed by atoms with Crippen LogP contribution in [0.3, 0.4) is 0 Å². The molecule has 0 aromatic heterocycles. The molecule has 2 N–H and O–H groups in total. The van der Waals surface area contributed by atoms with Crippen molar-refractivity contribution in [2.24, 2.45) is 0 Å². The first-order valence-electron chi connectivity index (χ1n) is 6.39. The first-order chi connectivity index (χ1) is 9.47. The summed E-state index contributed by atoms with van der Waals surface area (Å²) < 4.78 is 5.33. The van der Waals surface area contributed by atoms with Crippen LogP contribution >= 0.6 is 0 Å². The standard InChI is InChI=1S/C14H17NO5/c1-9-6-10(2-3-12(9)16)14(19)15-4-5-20-11(8-15)7-13(17)18/h2-3,6,11,16H,4-5,7-8H2,1H3,(H,17,18). The molecule has 1 aromatic rings. The summed E-state index contributed by atoms with van der Waals surface area (Å²) in [5.74, 6) is -0.969. The van der Waals surface area contributed by atoms with Crippen LogP contribution in [0.25, 0.3) is 0 Å². The minimum absolute atomic E-state index is 0.113. The Labute approximate surface area is 116 Å². The molecule has 1 amide bonds. The van der Waals surface area contributed by atoms with E-state index in [4.69, 9.17) is 9.84 Å². The van der Waals surface area contributed by atoms with E-state index in [1.54, 1.807) is 24.0 Å². The van der Waals surface area contributed by atoms with E-state index in [0.717, 1.165) is 0 Å². The van der Waals surface area contributed by atoms with Crippen molar-refractivity contribution < 1.29 is 24.5 Å². The summed E-state index contributed by atoms with van der Waals surface area (Å²) >= 11 is 0. The van der Waals surface area contributed by atoms with E-state index in [1.165, 1.54) is 6.07 Å². The number of carbonyl (C=O) groups excluding carboxylic acids is 1. The second kappa shape index (κ2) is 5.92. The van der Waals surface area contributed by atoms with Gasteiger partial charge in [-0.1, -0.05) is 0 Å². The number of phenols is 1. The molecule has 1 unspecified atom stereocenters. The maximum absolute atomic E-state index is 12.3. The topological polar surface area (TPSA) is 87.1 Å². The summed E-state index contributed by atoms with van der Waals surface area (Å²) in [6.07, 6.45) is -0.582. The molecule has 1 aromatic carbocycles. The van der Waals surface area contributed by atoms with Gasteiger partial charge in [0, 0.05) is 18.7 Å². The third kappa shape index (κ3) is 3.27. The van der Waals surface area contributed by atoms with Crippen LogP contribution in [-0.4, -0.2) is 52.8 Å². The predicted octanol–water partition coefficient (Wildman–Crippen LogP) is 1.02. The van der Waals surface area contributed by atoms with Gasteiger partial charge in [-0.25, -0.2) is 0 Å². The van der Waals surface area contributed by atoms with Crippen LogP contribution in [0.5, 0.6) is 5.75 Å². The van der Waals surface area contributed by atoms with E-state index in [9.17, 15) is 14.7 Å². The molecule has 108 valence electrons. The Kier molecular flexibility index (Phi) is 4.24. The molecule has 6 heteroatoms. The molecular formula is C14H17NO5. The number of aryl methyl sites for hydroxylation is 1. The van der Waals surface area contributed by atoms with E-state index in [-0.39, 0.29) is 24.6 Å². The van der Waals surface area contributed by atoms with Gasteiger partial charge in [-0.3, -0.25) is 9.59 Å². The second-order valence-corrected chi connectivity index (χ2v) is 4.84. The van der Waals surface area contributed by atoms with Gasteiger partial charge < -0.3 is 19.8 Å². The molecule has 1 atom stereocenters. The fourth-order valence-electron chi connectivity index (χ4n) is 2.19. The average Bonchev–Trinajstić information content (AvgIpc) is 2.40. The zero-order valence-corrected chi connectivity index (χ0v) is 11.2. The van der Waals surface area contributed by atoms with Gasteiger partial charge in [-0.15, -0.1) is 0 Å². The van der Waals surface area contributed by atoms with Gasteiger partial charge in [0.25, 0.3) is 5.91 Å². The number of aromatic hydroxyl groups is 1. The molecule has 0 spiro atoms. The largest absolute Gasteiger partial charge is 0.508 e. The Balaban J connectivity index is 2.08. The van der Waals surface area contributed by atoms with Crippen LogP contribution in [0.2, 0.25) is 0 Å². The quantitative estimate of drug-likeness (QED) is 0.862. The summed E-state index contributed by atoms with van der Waals surface area (Å²) in [7, 11) is 0. The third-order valence-electron chi connectivity index (χ3n) is 3.27. The molecule has 1 heterocycles. The summed E-state index contributed by atoms with van der Waals surface area (Å²) in [5, 5.41) is 18.2. The van der Waals surface area contributed by atoms with Gasteiger partial charge in [0.05, 0.1) is 19.1 Å². The smallest absolute Gasteiger partial charge is 0.306 e. The number of carboxylic acids is 1. The molecule has 0 saturated carbocycles. The SMILES string of the molecule is Cc1cc(C(=O)N2CCOC(CC(=O)O)C2)ccc1O. The minimum Gasteiger partial charge on any atom is -0.508 e. The molecular weight excluding hydrogens is 262 g/mol. The fourth-order valence-corrected chi connectivity index (χ4v) is 2.19. The lowest BCUT2D eigenvalue weighted by Crippen LogP contribution is -2.46. The normalized spacial score (nSPS) is 18.9. The van der Waals surface area contributed by atoms with Gasteiger partial charge in [-0.05, 0) is 30.7 Å². The number of carbonyl (C=O) groups is 2. The molecule has 20 heavy (non-hydrogen) atoms. The summed E-state index contributed by atoms with van der Waals surface area (Å²) in [6, 6.07) is 4.67. The lowest BCUT2D eigenvalue weighted by molar-refractivity contribution is -0.141. The highest BCUT2D eigenvalue weighted by molar-refractivity contribution is 5.94. The van der Waals surface area contributed by atoms with Crippen molar-refractivity contribution in [1.29, 1.82) is 0 Å². The zero-order chi connectivity index (χ0) is 14.7. The number of hydrogen-bond acceptors (Lipinski definition) is 4. The number of phenolic OH excluding ortho intramolecular Hbond substituents is 1. The lowest BCUT2D eigenvalue weighted by atomic mass is 10.1. The summed E-state index contributed by atoms with van der Waals surface area (Å²) in [6.45, 7) is 2.76. The molecule has 0 aliphatic carbocycles. The number of nitrogens with zero attached hydrogens (tertiary/aromatic N) is 1. The number of carboxylic acid groups (broad SMARTS) is 1. The molecule has 6 nitrogen and oxygen atoms in total. The lowest BCUT2D eigenvalue weighted by Gasteiger charge is -2.32. The van der Waals surface area contributed by atoms with Crippen LogP contribution < -0.4 is 0 Å². The van der Waals surface area contributed by atoms with Crippen LogP contribution in [0.4, 0.5) is 0 Å². The number of amides is 1. The van der Waals surface area contributed by atoms with Crippen molar-refractivity contribution in [3.63, 3.8) is 0 Å². The maximum Gasteiger partial charge on any atom is 0.306 e. The van der Waals surface area contributed by atoms with Crippen LogP contribution in [0.1, 0.15) is 22.3 Å². The Morgan fingerprint density at radius 3 is 2.85 bits per heavy atom. The summed E-state index contributed by atoms with van der Waals surface area (Å²) in [5.41, 5.74) is 1.11. The molecule has 0 bridgehead atoms. The first kappa shape index (κ1) is 14.3. The van der Waals surface area contributed by atoms with Crippen molar-refractivity contribution in [2.75, 3.05) is 19.7 Å². The number of hydrogen-bond donors (Lipinski definition) is 2. The average molecular weight is 279 g/mol. The minimum atomic E-state index is -0.940. The monoisotopic (exact) mass is 279 g/mol. The van der Waals surface area contributed by atoms with Crippen molar-refractivity contribution >= 4 is 11.9 Å². The Hall–Kier alpha value is -2.08. The van der Waals surface area contributed by atoms with Crippen molar-refractivity contribution in [3.8, 4) is 5.75 Å². The Bertz CT molecular complexity index is 528. The zero-order valence-electron chi connectivity index (χ0n) is 11.2. The highest BCUT2D eigenvalue weighted by Crippen LogP contribution is 2.19. The molecule has 2 rings (SSSR count). The molecule has 1 aliphatic rings. The number of rotatable bonds is 3. The summed E-state index contributed by atoms with van der Waals surface area (Å²) in [4.78, 5) is 24.6. The van der Waals surface area contributed by atoms with Gasteiger partial charge >= 0.3 is 5.97 Å². The number of morpholine rings is 1. The van der Waals surface area contributed by atoms with Crippen LogP contribution in [0, 0.1) is 6.92 Å². The van der Waals surface area contributed by atoms with Crippen LogP contribution in [-0.2, 0) is 9.53 Å². The molecule has 1 aliphatic heterocycles. The van der Waals surface area contributed by atoms with E-state index < -0.39 is 12.1 Å². The van der Waals surface area contributed by atoms with Gasteiger partial charge in [-0.2, -0.15) is 0 Å². The van der Waals surface area contributed by atoms with Crippen molar-refractivity contribution in [1.82, 2.24) is 4.90 Å². The number of aliphatic carboxylic acids is 1. The van der Waals surface area contributed by atoms with Gasteiger partial charge in [0.2, 0.25) is 0 Å². The fraction of sp³-hybridized carbons (Fsp3) is 0.429. The first-order valence-corrected chi connectivity index (χ1v) is 6.39. The maximum atomic E-state index is 12.3. The van der Waals surface area contributed by atoms with E-state index in [1.807, 2.05) is 0 Å². The molecule has 1 saturated heterocycles. The highest BCUT2D eigenvalue weighted by atomic mass is 16.5. The van der Waals surface area contributed by atoms with Crippen molar-refractivity contribution in [2.45, 2.75) is 19.4 Å². The Morgan fingerprint density at radius 2 is 2.20 bits per heavy atom. The second-order valence-electron chi connectivity index (χ2n) is 4.84. The van der Waals surface area contributed by atoms with E-state index in [0.29, 0.717) is 24.3 Å². The van der Waals surface area contributed by atoms with Gasteiger partial charge in [0.1, 0.15) is 5.75 Å². The van der Waals surface area contributed by atoms with Crippen LogP contribution in [0.15, 0.2) is 18.2 Å². The molecule has 0 radical (unpaired) electrons.